The van der Waals surface area contributed by atoms with E-state index in [4.69, 9.17) is 0 Å². The standard InChI is InChI=1S/C8H12O3S.ClH.2Na/c1-7-5-3-4-6-8(7,2)12(9,10)11;;;/h3-7H,1-2H3,(H,9,10,11);1H;;/q;;2*+1/p-2. The van der Waals surface area contributed by atoms with Gasteiger partial charge in [0.15, 0.2) is 0 Å². The molecule has 3 nitrogen and oxygen atoms in total. The van der Waals surface area contributed by atoms with Gasteiger partial charge in [0.1, 0.15) is 10.1 Å². The molecule has 1 rings (SSSR count). The number of hydrogen-bond acceptors (Lipinski definition) is 3. The third-order valence-corrected chi connectivity index (χ3v) is 3.97. The van der Waals surface area contributed by atoms with Crippen molar-refractivity contribution >= 4 is 10.1 Å². The fraction of sp³-hybridized carbons (Fsp3) is 0.500. The van der Waals surface area contributed by atoms with Crippen molar-refractivity contribution in [1.82, 2.24) is 0 Å². The summed E-state index contributed by atoms with van der Waals surface area (Å²) < 4.78 is 31.4. The van der Waals surface area contributed by atoms with E-state index >= 15 is 0 Å². The molecule has 0 aromatic carbocycles. The fourth-order valence-electron chi connectivity index (χ4n) is 1.13. The third kappa shape index (κ3) is 4.82. The predicted molar refractivity (Wildman–Crippen MR) is 45.5 cm³/mol. The van der Waals surface area contributed by atoms with Gasteiger partial charge in [-0.15, -0.1) is 0 Å². The minimum absolute atomic E-state index is 0. The Morgan fingerprint density at radius 2 is 1.73 bits per heavy atom. The molecule has 0 aliphatic heterocycles. The molecule has 0 radical (unpaired) electrons. The summed E-state index contributed by atoms with van der Waals surface area (Å²) in [6, 6.07) is 0. The van der Waals surface area contributed by atoms with Crippen LogP contribution in [0.25, 0.3) is 0 Å². The SMILES string of the molecule is CC1C=CC=CC1(C)S(=O)(=O)[O-].[Cl-].[Na+].[Na+]. The summed E-state index contributed by atoms with van der Waals surface area (Å²) in [5.74, 6) is -0.259. The molecule has 0 heterocycles. The Morgan fingerprint density at radius 1 is 1.27 bits per heavy atom. The zero-order chi connectivity index (χ0) is 9.41. The molecular weight excluding hydrogens is 258 g/mol. The first-order chi connectivity index (χ1) is 5.38. The first kappa shape index (κ1) is 21.9. The van der Waals surface area contributed by atoms with Gasteiger partial charge < -0.3 is 17.0 Å². The summed E-state index contributed by atoms with van der Waals surface area (Å²) in [7, 11) is -4.26. The largest absolute Gasteiger partial charge is 1.00 e. The van der Waals surface area contributed by atoms with Gasteiger partial charge in [-0.3, -0.25) is 0 Å². The van der Waals surface area contributed by atoms with Gasteiger partial charge >= 0.3 is 59.1 Å². The summed E-state index contributed by atoms with van der Waals surface area (Å²) in [5.41, 5.74) is 0. The van der Waals surface area contributed by atoms with Crippen molar-refractivity contribution in [3.05, 3.63) is 24.3 Å². The van der Waals surface area contributed by atoms with Gasteiger partial charge in [-0.25, -0.2) is 8.42 Å². The average Bonchev–Trinajstić information content (AvgIpc) is 1.93. The second-order valence-corrected chi connectivity index (χ2v) is 4.96. The van der Waals surface area contributed by atoms with E-state index in [2.05, 4.69) is 0 Å². The molecule has 15 heavy (non-hydrogen) atoms. The first-order valence-electron chi connectivity index (χ1n) is 3.69. The second kappa shape index (κ2) is 7.90. The van der Waals surface area contributed by atoms with Crippen LogP contribution in [0.5, 0.6) is 0 Å². The molecule has 7 heteroatoms. The Bertz CT molecular complexity index is 340. The number of rotatable bonds is 1. The summed E-state index contributed by atoms with van der Waals surface area (Å²) in [5, 5.41) is 0. The van der Waals surface area contributed by atoms with E-state index in [1.54, 1.807) is 25.2 Å². The molecule has 1 aliphatic rings. The van der Waals surface area contributed by atoms with E-state index in [-0.39, 0.29) is 77.4 Å². The molecule has 2 atom stereocenters. The van der Waals surface area contributed by atoms with Crippen molar-refractivity contribution in [1.29, 1.82) is 0 Å². The first-order valence-corrected chi connectivity index (χ1v) is 5.10. The molecule has 0 saturated heterocycles. The molecule has 0 saturated carbocycles. The Labute approximate surface area is 142 Å². The molecule has 0 amide bonds. The molecular formula is C8H11ClNa2O3S. The maximum absolute atomic E-state index is 10.9. The van der Waals surface area contributed by atoms with Crippen LogP contribution in [0.1, 0.15) is 13.8 Å². The molecule has 76 valence electrons. The molecule has 0 bridgehead atoms. The van der Waals surface area contributed by atoms with Gasteiger partial charge in [0.05, 0.1) is 4.75 Å². The van der Waals surface area contributed by atoms with E-state index in [0.717, 1.165) is 0 Å². The zero-order valence-electron chi connectivity index (χ0n) is 9.40. The van der Waals surface area contributed by atoms with Gasteiger partial charge in [-0.1, -0.05) is 31.2 Å². The topological polar surface area (TPSA) is 57.2 Å². The van der Waals surface area contributed by atoms with Gasteiger partial charge in [0.2, 0.25) is 0 Å². The Morgan fingerprint density at radius 3 is 2.00 bits per heavy atom. The average molecular weight is 269 g/mol. The number of hydrogen-bond donors (Lipinski definition) is 0. The van der Waals surface area contributed by atoms with Crippen LogP contribution in [0.2, 0.25) is 0 Å². The van der Waals surface area contributed by atoms with Crippen LogP contribution in [0, 0.1) is 5.92 Å². The van der Waals surface area contributed by atoms with Gasteiger partial charge in [0.25, 0.3) is 0 Å². The predicted octanol–water partition coefficient (Wildman–Crippen LogP) is -7.94. The Hall–Kier alpha value is 1.68. The minimum Gasteiger partial charge on any atom is -1.00 e. The summed E-state index contributed by atoms with van der Waals surface area (Å²) in [4.78, 5) is 0. The number of halogens is 1. The maximum atomic E-state index is 10.9. The summed E-state index contributed by atoms with van der Waals surface area (Å²) in [6.07, 6.45) is 6.50. The molecule has 0 N–H and O–H groups in total. The molecule has 0 aromatic heterocycles. The van der Waals surface area contributed by atoms with E-state index in [0.29, 0.717) is 0 Å². The van der Waals surface area contributed by atoms with Gasteiger partial charge in [-0.2, -0.15) is 0 Å². The van der Waals surface area contributed by atoms with Gasteiger partial charge in [-0.05, 0) is 12.8 Å². The smallest absolute Gasteiger partial charge is 1.00 e. The van der Waals surface area contributed by atoms with Crippen LogP contribution in [-0.4, -0.2) is 17.7 Å². The molecule has 0 fully saturated rings. The normalized spacial score (nSPS) is 28.3. The van der Waals surface area contributed by atoms with Crippen molar-refractivity contribution in [2.75, 3.05) is 0 Å². The summed E-state index contributed by atoms with van der Waals surface area (Å²) >= 11 is 0. The molecule has 1 aliphatic carbocycles. The molecule has 0 spiro atoms. The monoisotopic (exact) mass is 268 g/mol. The van der Waals surface area contributed by atoms with Crippen LogP contribution in [-0.2, 0) is 10.1 Å². The van der Waals surface area contributed by atoms with E-state index in [1.165, 1.54) is 13.0 Å². The summed E-state index contributed by atoms with van der Waals surface area (Å²) in [6.45, 7) is 3.16. The van der Waals surface area contributed by atoms with Crippen molar-refractivity contribution in [2.45, 2.75) is 18.6 Å². The molecule has 0 aromatic rings. The quantitative estimate of drug-likeness (QED) is 0.351. The number of allylic oxidation sites excluding steroid dienone is 3. The van der Waals surface area contributed by atoms with Crippen LogP contribution in [0.3, 0.4) is 0 Å². The van der Waals surface area contributed by atoms with Crippen LogP contribution >= 0.6 is 0 Å². The molecule has 2 unspecified atom stereocenters. The Kier molecular flexibility index (Phi) is 11.5. The fourth-order valence-corrected chi connectivity index (χ4v) is 1.91. The van der Waals surface area contributed by atoms with Crippen LogP contribution in [0.15, 0.2) is 24.3 Å². The third-order valence-electron chi connectivity index (χ3n) is 2.38. The minimum atomic E-state index is -4.26. The van der Waals surface area contributed by atoms with Crippen molar-refractivity contribution in [3.8, 4) is 0 Å². The maximum Gasteiger partial charge on any atom is 1.00 e. The second-order valence-electron chi connectivity index (χ2n) is 3.17. The van der Waals surface area contributed by atoms with Crippen LogP contribution in [0.4, 0.5) is 0 Å². The Balaban J connectivity index is -0.000000480. The van der Waals surface area contributed by atoms with Crippen molar-refractivity contribution < 1.29 is 84.5 Å². The van der Waals surface area contributed by atoms with Gasteiger partial charge in [0, 0.05) is 0 Å². The van der Waals surface area contributed by atoms with E-state index in [9.17, 15) is 13.0 Å². The van der Waals surface area contributed by atoms with Crippen molar-refractivity contribution in [2.24, 2.45) is 5.92 Å². The van der Waals surface area contributed by atoms with E-state index in [1.807, 2.05) is 0 Å². The van der Waals surface area contributed by atoms with E-state index < -0.39 is 14.9 Å². The van der Waals surface area contributed by atoms with Crippen molar-refractivity contribution in [3.63, 3.8) is 0 Å². The van der Waals surface area contributed by atoms with Crippen LogP contribution < -0.4 is 71.5 Å². The zero-order valence-corrected chi connectivity index (χ0v) is 15.0.